The molecule has 0 aliphatic heterocycles. The molecule has 4 nitrogen and oxygen atoms in total. The Morgan fingerprint density at radius 1 is 0.739 bits per heavy atom. The molecule has 0 spiro atoms. The molecule has 0 heterocycles. The van der Waals surface area contributed by atoms with Gasteiger partial charge in [-0.15, -0.1) is 0 Å². The molecule has 2 N–H and O–H groups in total. The third-order valence-electron chi connectivity index (χ3n) is 3.59. The molecule has 2 aromatic carbocycles. The number of carbonyl (C=O) groups excluding carboxylic acids is 2. The van der Waals surface area contributed by atoms with Crippen molar-refractivity contribution in [1.82, 2.24) is 0 Å². The maximum absolute atomic E-state index is 12.7. The predicted molar refractivity (Wildman–Crippen MR) is 90.9 cm³/mol. The highest BCUT2D eigenvalue weighted by molar-refractivity contribution is 6.24. The molecule has 4 heteroatoms. The lowest BCUT2D eigenvalue weighted by molar-refractivity contribution is -0.115. The van der Waals surface area contributed by atoms with Crippen molar-refractivity contribution in [3.05, 3.63) is 83.7 Å². The number of para-hydroxylation sites is 2. The van der Waals surface area contributed by atoms with Crippen LogP contribution in [0.15, 0.2) is 83.7 Å². The van der Waals surface area contributed by atoms with Gasteiger partial charge in [-0.2, -0.15) is 0 Å². The van der Waals surface area contributed by atoms with Gasteiger partial charge in [-0.3, -0.25) is 9.59 Å². The van der Waals surface area contributed by atoms with Crippen LogP contribution in [0.25, 0.3) is 0 Å². The van der Waals surface area contributed by atoms with Crippen LogP contribution in [0, 0.1) is 0 Å². The number of carbonyl (C=O) groups is 2. The van der Waals surface area contributed by atoms with Gasteiger partial charge < -0.3 is 10.6 Å². The first kappa shape index (κ1) is 14.8. The molecule has 3 rings (SSSR count). The molecule has 0 radical (unpaired) electrons. The normalized spacial score (nSPS) is 14.6. The lowest BCUT2D eigenvalue weighted by Crippen LogP contribution is -2.26. The number of nitrogens with one attached hydrogen (secondary N) is 2. The molecule has 0 aromatic heterocycles. The maximum atomic E-state index is 12.7. The van der Waals surface area contributed by atoms with Crippen molar-refractivity contribution in [3.8, 4) is 0 Å². The van der Waals surface area contributed by atoms with Gasteiger partial charge in [0.15, 0.2) is 5.78 Å². The smallest absolute Gasteiger partial charge is 0.225 e. The molecule has 0 bridgehead atoms. The molecule has 2 aromatic rings. The quantitative estimate of drug-likeness (QED) is 0.849. The zero-order chi connectivity index (χ0) is 16.2. The fourth-order valence-corrected chi connectivity index (χ4v) is 2.32. The highest BCUT2D eigenvalue weighted by atomic mass is 16.1. The zero-order valence-electron chi connectivity index (χ0n) is 12.7. The van der Waals surface area contributed by atoms with Gasteiger partial charge in [0.2, 0.25) is 5.78 Å². The van der Waals surface area contributed by atoms with E-state index in [0.29, 0.717) is 11.3 Å². The molecule has 0 unspecified atom stereocenters. The van der Waals surface area contributed by atoms with Crippen LogP contribution >= 0.6 is 0 Å². The summed E-state index contributed by atoms with van der Waals surface area (Å²) in [6.07, 6.45) is 1.35. The Labute approximate surface area is 134 Å². The van der Waals surface area contributed by atoms with E-state index in [1.54, 1.807) is 6.92 Å². The zero-order valence-corrected chi connectivity index (χ0v) is 12.7. The Morgan fingerprint density at radius 2 is 1.26 bits per heavy atom. The fraction of sp³-hybridized carbons (Fsp3) is 0.0526. The minimum Gasteiger partial charge on any atom is -0.352 e. The Balaban J connectivity index is 1.87. The van der Waals surface area contributed by atoms with Crippen LogP contribution in [-0.4, -0.2) is 11.6 Å². The number of ketones is 2. The van der Waals surface area contributed by atoms with E-state index in [1.807, 2.05) is 60.7 Å². The van der Waals surface area contributed by atoms with Crippen molar-refractivity contribution in [3.63, 3.8) is 0 Å². The molecule has 0 amide bonds. The van der Waals surface area contributed by atoms with Gasteiger partial charge in [-0.1, -0.05) is 36.4 Å². The van der Waals surface area contributed by atoms with Crippen LogP contribution in [0.4, 0.5) is 11.4 Å². The third-order valence-corrected chi connectivity index (χ3v) is 3.59. The largest absolute Gasteiger partial charge is 0.352 e. The maximum Gasteiger partial charge on any atom is 0.225 e. The summed E-state index contributed by atoms with van der Waals surface area (Å²) in [5, 5.41) is 6.07. The summed E-state index contributed by atoms with van der Waals surface area (Å²) in [6.45, 7) is 1.65. The van der Waals surface area contributed by atoms with Gasteiger partial charge in [-0.05, 0) is 31.2 Å². The van der Waals surface area contributed by atoms with Crippen LogP contribution in [0.5, 0.6) is 0 Å². The van der Waals surface area contributed by atoms with Crippen LogP contribution < -0.4 is 10.6 Å². The summed E-state index contributed by atoms with van der Waals surface area (Å²) in [7, 11) is 0. The Hall–Kier alpha value is -3.14. The van der Waals surface area contributed by atoms with Crippen molar-refractivity contribution in [1.29, 1.82) is 0 Å². The van der Waals surface area contributed by atoms with E-state index in [1.165, 1.54) is 6.08 Å². The predicted octanol–water partition coefficient (Wildman–Crippen LogP) is 3.52. The molecule has 0 saturated heterocycles. The number of allylic oxidation sites excluding steroid dienone is 2. The van der Waals surface area contributed by atoms with E-state index in [9.17, 15) is 9.59 Å². The van der Waals surface area contributed by atoms with Crippen LogP contribution in [0.2, 0.25) is 0 Å². The van der Waals surface area contributed by atoms with E-state index in [4.69, 9.17) is 0 Å². The van der Waals surface area contributed by atoms with E-state index in [-0.39, 0.29) is 17.3 Å². The summed E-state index contributed by atoms with van der Waals surface area (Å²) < 4.78 is 0. The topological polar surface area (TPSA) is 58.2 Å². The van der Waals surface area contributed by atoms with Crippen molar-refractivity contribution in [2.45, 2.75) is 6.92 Å². The summed E-state index contributed by atoms with van der Waals surface area (Å²) >= 11 is 0. The number of rotatable bonds is 4. The number of benzene rings is 2. The molecule has 1 aliphatic rings. The lowest BCUT2D eigenvalue weighted by atomic mass is 9.98. The first-order chi connectivity index (χ1) is 11.1. The number of Topliss-reactive ketones (excluding diaryl/α,β-unsaturated/α-hetero) is 1. The first-order valence-corrected chi connectivity index (χ1v) is 7.31. The summed E-state index contributed by atoms with van der Waals surface area (Å²) in [5.41, 5.74) is 2.52. The SMILES string of the molecule is CC1=C(Nc2ccccc2)C(=O)C(Nc2ccccc2)=CC1=O. The minimum atomic E-state index is -0.227. The Kier molecular flexibility index (Phi) is 4.06. The van der Waals surface area contributed by atoms with E-state index in [2.05, 4.69) is 10.6 Å². The standard InChI is InChI=1S/C19H16N2O2/c1-13-17(22)12-16(20-14-8-4-2-5-9-14)19(23)18(13)21-15-10-6-3-7-11-15/h2-12,20-21H,1H3. The molecule has 1 aliphatic carbocycles. The number of anilines is 2. The van der Waals surface area contributed by atoms with Gasteiger partial charge >= 0.3 is 0 Å². The van der Waals surface area contributed by atoms with Crippen molar-refractivity contribution < 1.29 is 9.59 Å². The Morgan fingerprint density at radius 3 is 1.83 bits per heavy atom. The van der Waals surface area contributed by atoms with Crippen LogP contribution in [0.1, 0.15) is 6.92 Å². The fourth-order valence-electron chi connectivity index (χ4n) is 2.32. The summed E-state index contributed by atoms with van der Waals surface area (Å²) in [6, 6.07) is 18.6. The van der Waals surface area contributed by atoms with Crippen LogP contribution in [0.3, 0.4) is 0 Å². The van der Waals surface area contributed by atoms with Gasteiger partial charge in [0, 0.05) is 23.0 Å². The second-order valence-electron chi connectivity index (χ2n) is 5.23. The second-order valence-corrected chi connectivity index (χ2v) is 5.23. The van der Waals surface area contributed by atoms with Crippen molar-refractivity contribution in [2.24, 2.45) is 0 Å². The number of hydrogen-bond acceptors (Lipinski definition) is 4. The molecule has 23 heavy (non-hydrogen) atoms. The molecule has 0 saturated carbocycles. The lowest BCUT2D eigenvalue weighted by Gasteiger charge is -2.19. The molecule has 0 atom stereocenters. The second kappa shape index (κ2) is 6.32. The van der Waals surface area contributed by atoms with E-state index in [0.717, 1.165) is 11.4 Å². The van der Waals surface area contributed by atoms with Gasteiger partial charge in [0.25, 0.3) is 0 Å². The highest BCUT2D eigenvalue weighted by Gasteiger charge is 2.26. The first-order valence-electron chi connectivity index (χ1n) is 7.31. The average molecular weight is 304 g/mol. The van der Waals surface area contributed by atoms with Gasteiger partial charge in [0.05, 0.1) is 11.4 Å². The molecular formula is C19H16N2O2. The third kappa shape index (κ3) is 3.21. The van der Waals surface area contributed by atoms with Gasteiger partial charge in [-0.25, -0.2) is 0 Å². The summed E-state index contributed by atoms with van der Waals surface area (Å²) in [4.78, 5) is 24.9. The van der Waals surface area contributed by atoms with Crippen molar-refractivity contribution in [2.75, 3.05) is 10.6 Å². The Bertz CT molecular complexity index is 806. The van der Waals surface area contributed by atoms with Crippen molar-refractivity contribution >= 4 is 22.9 Å². The van der Waals surface area contributed by atoms with Crippen LogP contribution in [-0.2, 0) is 9.59 Å². The molecule has 0 fully saturated rings. The highest BCUT2D eigenvalue weighted by Crippen LogP contribution is 2.22. The average Bonchev–Trinajstić information content (AvgIpc) is 2.58. The monoisotopic (exact) mass is 304 g/mol. The van der Waals surface area contributed by atoms with E-state index < -0.39 is 0 Å². The number of hydrogen-bond donors (Lipinski definition) is 2. The summed E-state index contributed by atoms with van der Waals surface area (Å²) in [5.74, 6) is -0.406. The van der Waals surface area contributed by atoms with E-state index >= 15 is 0 Å². The minimum absolute atomic E-state index is 0.179. The molecule has 114 valence electrons. The van der Waals surface area contributed by atoms with Gasteiger partial charge in [0.1, 0.15) is 0 Å². The molecular weight excluding hydrogens is 288 g/mol.